The van der Waals surface area contributed by atoms with Gasteiger partial charge in [-0.05, 0) is 48.1 Å². The lowest BCUT2D eigenvalue weighted by molar-refractivity contribution is 0.0573. The molecule has 4 rings (SSSR count). The molecule has 0 radical (unpaired) electrons. The molecule has 2 aliphatic heterocycles. The Labute approximate surface area is 182 Å². The third kappa shape index (κ3) is 3.81. The molecule has 3 heterocycles. The molecule has 1 aromatic carbocycles. The van der Waals surface area contributed by atoms with E-state index in [0.717, 1.165) is 11.3 Å². The Morgan fingerprint density at radius 1 is 1.07 bits per heavy atom. The van der Waals surface area contributed by atoms with E-state index in [1.165, 1.54) is 6.26 Å². The van der Waals surface area contributed by atoms with Gasteiger partial charge < -0.3 is 9.32 Å². The zero-order valence-corrected chi connectivity index (χ0v) is 19.3. The second-order valence-corrected chi connectivity index (χ2v) is 12.3. The van der Waals surface area contributed by atoms with Gasteiger partial charge in [-0.25, -0.2) is 8.42 Å². The number of piperidine rings is 1. The summed E-state index contributed by atoms with van der Waals surface area (Å²) in [5.74, 6) is 1.08. The normalized spacial score (nSPS) is 20.0. The molecule has 162 valence electrons. The summed E-state index contributed by atoms with van der Waals surface area (Å²) in [6, 6.07) is 10.6. The summed E-state index contributed by atoms with van der Waals surface area (Å²) in [6.45, 7) is 7.78. The summed E-state index contributed by atoms with van der Waals surface area (Å²) in [5.41, 5.74) is 1.08. The van der Waals surface area contributed by atoms with Crippen LogP contribution in [0.1, 0.15) is 49.7 Å². The highest BCUT2D eigenvalue weighted by molar-refractivity contribution is 8.00. The fourth-order valence-corrected chi connectivity index (χ4v) is 7.09. The maximum absolute atomic E-state index is 13.2. The molecule has 0 unspecified atom stereocenters. The van der Waals surface area contributed by atoms with Crippen LogP contribution in [0.4, 0.5) is 0 Å². The minimum absolute atomic E-state index is 0.0243. The number of benzene rings is 1. The summed E-state index contributed by atoms with van der Waals surface area (Å²) in [5, 5.41) is 0. The van der Waals surface area contributed by atoms with Gasteiger partial charge in [-0.2, -0.15) is 4.31 Å². The minimum atomic E-state index is -3.55. The summed E-state index contributed by atoms with van der Waals surface area (Å²) < 4.78 is 33.2. The Morgan fingerprint density at radius 3 is 2.30 bits per heavy atom. The van der Waals surface area contributed by atoms with E-state index in [1.807, 2.05) is 17.0 Å². The summed E-state index contributed by atoms with van der Waals surface area (Å²) in [4.78, 5) is 14.7. The lowest BCUT2D eigenvalue weighted by Crippen LogP contribution is -2.53. The number of thioether (sulfide) groups is 1. The molecule has 6 nitrogen and oxygen atoms in total. The van der Waals surface area contributed by atoms with Crippen LogP contribution >= 0.6 is 11.8 Å². The van der Waals surface area contributed by atoms with Crippen molar-refractivity contribution in [1.82, 2.24) is 9.21 Å². The fraction of sp³-hybridized carbons (Fsp3) is 0.500. The number of amides is 1. The molecule has 2 aromatic rings. The van der Waals surface area contributed by atoms with E-state index in [9.17, 15) is 13.2 Å². The van der Waals surface area contributed by atoms with Gasteiger partial charge in [0.1, 0.15) is 0 Å². The van der Waals surface area contributed by atoms with Gasteiger partial charge in [-0.3, -0.25) is 4.79 Å². The lowest BCUT2D eigenvalue weighted by Gasteiger charge is -2.43. The summed E-state index contributed by atoms with van der Waals surface area (Å²) in [6.07, 6.45) is 2.73. The molecule has 0 atom stereocenters. The first-order valence-electron chi connectivity index (χ1n) is 10.2. The molecule has 30 heavy (non-hydrogen) atoms. The summed E-state index contributed by atoms with van der Waals surface area (Å²) >= 11 is 1.75. The number of hydrogen-bond acceptors (Lipinski definition) is 5. The van der Waals surface area contributed by atoms with Crippen LogP contribution in [0.3, 0.4) is 0 Å². The molecule has 2 aliphatic rings. The van der Waals surface area contributed by atoms with E-state index in [2.05, 4.69) is 20.8 Å². The van der Waals surface area contributed by atoms with Crippen molar-refractivity contribution in [1.29, 1.82) is 0 Å². The van der Waals surface area contributed by atoms with Gasteiger partial charge in [-0.1, -0.05) is 32.9 Å². The number of rotatable bonds is 3. The van der Waals surface area contributed by atoms with Gasteiger partial charge in [0.25, 0.3) is 5.91 Å². The van der Waals surface area contributed by atoms with Crippen LogP contribution in [0.15, 0.2) is 52.0 Å². The van der Waals surface area contributed by atoms with Crippen molar-refractivity contribution in [3.8, 4) is 0 Å². The zero-order valence-electron chi connectivity index (χ0n) is 17.6. The highest BCUT2D eigenvalue weighted by Crippen LogP contribution is 2.45. The molecule has 1 amide bonds. The number of furan rings is 1. The van der Waals surface area contributed by atoms with Crippen LogP contribution in [-0.4, -0.2) is 53.8 Å². The fourth-order valence-electron chi connectivity index (χ4n) is 4.19. The standard InChI is InChI=1S/C22H28N2O4S2/c1-21(2,3)17-6-8-18(9-7-17)30(26,27)23-12-10-22(11-13-23)24(14-16-29-22)20(25)19-5-4-15-28-19/h4-9,15H,10-14,16H2,1-3H3. The van der Waals surface area contributed by atoms with Crippen LogP contribution in [-0.2, 0) is 15.4 Å². The Bertz CT molecular complexity index is 1000. The molecule has 8 heteroatoms. The predicted molar refractivity (Wildman–Crippen MR) is 118 cm³/mol. The van der Waals surface area contributed by atoms with Crippen LogP contribution in [0.5, 0.6) is 0 Å². The molecule has 2 saturated heterocycles. The molecule has 0 saturated carbocycles. The number of carbonyl (C=O) groups is 1. The van der Waals surface area contributed by atoms with E-state index in [1.54, 1.807) is 40.3 Å². The van der Waals surface area contributed by atoms with E-state index < -0.39 is 10.0 Å². The van der Waals surface area contributed by atoms with Crippen molar-refractivity contribution < 1.29 is 17.6 Å². The quantitative estimate of drug-likeness (QED) is 0.711. The first kappa shape index (κ1) is 21.5. The molecular weight excluding hydrogens is 420 g/mol. The third-order valence-electron chi connectivity index (χ3n) is 6.02. The average molecular weight is 449 g/mol. The highest BCUT2D eigenvalue weighted by Gasteiger charge is 2.48. The van der Waals surface area contributed by atoms with Crippen LogP contribution in [0.25, 0.3) is 0 Å². The van der Waals surface area contributed by atoms with E-state index >= 15 is 0 Å². The van der Waals surface area contributed by atoms with Crippen molar-refractivity contribution in [2.24, 2.45) is 0 Å². The van der Waals surface area contributed by atoms with Crippen molar-refractivity contribution in [3.63, 3.8) is 0 Å². The average Bonchev–Trinajstić information content (AvgIpc) is 3.38. The van der Waals surface area contributed by atoms with Gasteiger partial charge in [-0.15, -0.1) is 11.8 Å². The predicted octanol–water partition coefficient (Wildman–Crippen LogP) is 3.95. The zero-order chi connectivity index (χ0) is 21.6. The van der Waals surface area contributed by atoms with E-state index in [4.69, 9.17) is 4.42 Å². The van der Waals surface area contributed by atoms with Crippen molar-refractivity contribution in [2.75, 3.05) is 25.4 Å². The molecule has 0 aliphatic carbocycles. The Morgan fingerprint density at radius 2 is 1.73 bits per heavy atom. The molecule has 0 N–H and O–H groups in total. The molecular formula is C22H28N2O4S2. The van der Waals surface area contributed by atoms with Crippen LogP contribution in [0.2, 0.25) is 0 Å². The first-order valence-corrected chi connectivity index (χ1v) is 12.7. The second kappa shape index (κ2) is 7.73. The first-order chi connectivity index (χ1) is 14.1. The molecule has 2 fully saturated rings. The minimum Gasteiger partial charge on any atom is -0.459 e. The maximum atomic E-state index is 13.2. The van der Waals surface area contributed by atoms with Crippen molar-refractivity contribution in [3.05, 3.63) is 54.0 Å². The van der Waals surface area contributed by atoms with Gasteiger partial charge >= 0.3 is 0 Å². The van der Waals surface area contributed by atoms with Crippen molar-refractivity contribution in [2.45, 2.75) is 48.8 Å². The topological polar surface area (TPSA) is 70.8 Å². The Hall–Kier alpha value is -1.77. The van der Waals surface area contributed by atoms with E-state index in [-0.39, 0.29) is 16.2 Å². The third-order valence-corrected chi connectivity index (χ3v) is 9.48. The Kier molecular flexibility index (Phi) is 5.53. The molecule has 1 spiro atoms. The van der Waals surface area contributed by atoms with Gasteiger partial charge in [0.15, 0.2) is 5.76 Å². The van der Waals surface area contributed by atoms with Crippen LogP contribution in [0, 0.1) is 0 Å². The Balaban J connectivity index is 1.49. The SMILES string of the molecule is CC(C)(C)c1ccc(S(=O)(=O)N2CCC3(CC2)SCCN3C(=O)c2ccco2)cc1. The number of hydrogen-bond donors (Lipinski definition) is 0. The number of sulfonamides is 1. The van der Waals surface area contributed by atoms with E-state index in [0.29, 0.717) is 43.1 Å². The summed E-state index contributed by atoms with van der Waals surface area (Å²) in [7, 11) is -3.55. The monoisotopic (exact) mass is 448 g/mol. The van der Waals surface area contributed by atoms with Gasteiger partial charge in [0.2, 0.25) is 10.0 Å². The lowest BCUT2D eigenvalue weighted by atomic mass is 9.87. The highest BCUT2D eigenvalue weighted by atomic mass is 32.2. The largest absolute Gasteiger partial charge is 0.459 e. The number of carbonyl (C=O) groups excluding carboxylic acids is 1. The number of nitrogens with zero attached hydrogens (tertiary/aromatic N) is 2. The van der Waals surface area contributed by atoms with Crippen LogP contribution < -0.4 is 0 Å². The molecule has 0 bridgehead atoms. The van der Waals surface area contributed by atoms with Crippen molar-refractivity contribution >= 4 is 27.7 Å². The maximum Gasteiger partial charge on any atom is 0.290 e. The molecule has 1 aromatic heterocycles. The van der Waals surface area contributed by atoms with Gasteiger partial charge in [0, 0.05) is 25.4 Å². The second-order valence-electron chi connectivity index (χ2n) is 8.91. The van der Waals surface area contributed by atoms with Gasteiger partial charge in [0.05, 0.1) is 16.0 Å². The smallest absolute Gasteiger partial charge is 0.290 e.